The molecule has 1 aliphatic carbocycles. The van der Waals surface area contributed by atoms with Crippen molar-refractivity contribution in [1.82, 2.24) is 15.5 Å². The fraction of sp³-hybridized carbons (Fsp3) is 0.567. The molecule has 0 atom stereocenters. The lowest BCUT2D eigenvalue weighted by Crippen LogP contribution is -2.38. The molecule has 0 radical (unpaired) electrons. The summed E-state index contributed by atoms with van der Waals surface area (Å²) >= 11 is 0. The molecule has 9 heteroatoms. The molecular formula is C30H42N4O5. The number of likely N-dealkylation sites (tertiary alicyclic amines) is 1. The number of piperidine rings is 1. The number of carbonyl (C=O) groups excluding carboxylic acids is 1. The van der Waals surface area contributed by atoms with E-state index in [0.29, 0.717) is 29.2 Å². The molecule has 0 bridgehead atoms. The van der Waals surface area contributed by atoms with Gasteiger partial charge in [-0.3, -0.25) is 0 Å². The highest BCUT2D eigenvalue weighted by Gasteiger charge is 2.36. The first-order chi connectivity index (χ1) is 18.7. The Morgan fingerprint density at radius 1 is 0.923 bits per heavy atom. The van der Waals surface area contributed by atoms with Crippen LogP contribution in [0, 0.1) is 11.8 Å². The van der Waals surface area contributed by atoms with Gasteiger partial charge in [-0.2, -0.15) is 0 Å². The van der Waals surface area contributed by atoms with E-state index in [1.807, 2.05) is 0 Å². The summed E-state index contributed by atoms with van der Waals surface area (Å²) in [7, 11) is 0. The minimum atomic E-state index is -1.19. The van der Waals surface area contributed by atoms with Crippen molar-refractivity contribution in [2.45, 2.75) is 71.1 Å². The zero-order chi connectivity index (χ0) is 27.9. The third kappa shape index (κ3) is 7.20. The summed E-state index contributed by atoms with van der Waals surface area (Å²) in [5.41, 5.74) is 1.69. The van der Waals surface area contributed by atoms with E-state index in [2.05, 4.69) is 20.9 Å². The Morgan fingerprint density at radius 2 is 1.54 bits per heavy atom. The van der Waals surface area contributed by atoms with Crippen molar-refractivity contribution in [2.75, 3.05) is 31.5 Å². The number of carboxylic acid groups (broad SMARTS) is 2. The van der Waals surface area contributed by atoms with Gasteiger partial charge in [0.15, 0.2) is 0 Å². The van der Waals surface area contributed by atoms with Gasteiger partial charge in [-0.15, -0.1) is 0 Å². The summed E-state index contributed by atoms with van der Waals surface area (Å²) in [6.07, 6.45) is 10.5. The summed E-state index contributed by atoms with van der Waals surface area (Å²) in [5.74, 6) is -1.52. The molecule has 4 rings (SSSR count). The van der Waals surface area contributed by atoms with E-state index in [-0.39, 0.29) is 17.2 Å². The van der Waals surface area contributed by atoms with Crippen LogP contribution in [-0.2, 0) is 9.59 Å². The SMILES string of the molecule is CC1=C(C(=O)O)C(c2cccc(NC(=O)NCCCN3CCC(C4CCCCC4)CC3)c2)C(C(=O)O)=C(C)N1. The normalized spacial score (nSPS) is 20.1. The maximum atomic E-state index is 12.6. The quantitative estimate of drug-likeness (QED) is 0.283. The molecule has 9 nitrogen and oxygen atoms in total. The van der Waals surface area contributed by atoms with Crippen LogP contribution in [0.25, 0.3) is 0 Å². The lowest BCUT2D eigenvalue weighted by Gasteiger charge is -2.37. The second-order valence-corrected chi connectivity index (χ2v) is 11.2. The highest BCUT2D eigenvalue weighted by Crippen LogP contribution is 2.39. The van der Waals surface area contributed by atoms with E-state index >= 15 is 0 Å². The molecule has 1 aromatic carbocycles. The second kappa shape index (κ2) is 13.2. The molecule has 1 aromatic rings. The third-order valence-electron chi connectivity index (χ3n) is 8.58. The monoisotopic (exact) mass is 538 g/mol. The maximum absolute atomic E-state index is 12.6. The van der Waals surface area contributed by atoms with E-state index in [9.17, 15) is 24.6 Å². The first-order valence-corrected chi connectivity index (χ1v) is 14.3. The predicted octanol–water partition coefficient (Wildman–Crippen LogP) is 4.89. The number of nitrogens with one attached hydrogen (secondary N) is 3. The van der Waals surface area contributed by atoms with E-state index in [0.717, 1.165) is 37.9 Å². The zero-order valence-electron chi connectivity index (χ0n) is 23.1. The summed E-state index contributed by atoms with van der Waals surface area (Å²) in [6.45, 7) is 7.06. The average Bonchev–Trinajstić information content (AvgIpc) is 2.91. The Hall–Kier alpha value is -3.33. The van der Waals surface area contributed by atoms with Crippen LogP contribution in [-0.4, -0.2) is 59.3 Å². The lowest BCUT2D eigenvalue weighted by atomic mass is 9.76. The van der Waals surface area contributed by atoms with Crippen LogP contribution in [0.15, 0.2) is 46.8 Å². The number of hydrogen-bond acceptors (Lipinski definition) is 5. The maximum Gasteiger partial charge on any atom is 0.334 e. The Balaban J connectivity index is 1.28. The number of nitrogens with zero attached hydrogens (tertiary/aromatic N) is 1. The minimum absolute atomic E-state index is 0.0256. The van der Waals surface area contributed by atoms with Crippen molar-refractivity contribution in [3.8, 4) is 0 Å². The number of dihydropyridines is 1. The van der Waals surface area contributed by atoms with E-state index in [4.69, 9.17) is 0 Å². The fourth-order valence-electron chi connectivity index (χ4n) is 6.62. The van der Waals surface area contributed by atoms with Gasteiger partial charge in [0.05, 0.1) is 17.1 Å². The van der Waals surface area contributed by atoms with Crippen LogP contribution in [0.2, 0.25) is 0 Å². The van der Waals surface area contributed by atoms with Crippen molar-refractivity contribution >= 4 is 23.7 Å². The Kier molecular flexibility index (Phi) is 9.67. The number of aliphatic carboxylic acids is 2. The van der Waals surface area contributed by atoms with Gasteiger partial charge < -0.3 is 31.1 Å². The van der Waals surface area contributed by atoms with Crippen LogP contribution in [0.1, 0.15) is 76.7 Å². The van der Waals surface area contributed by atoms with Crippen molar-refractivity contribution in [3.05, 3.63) is 52.4 Å². The van der Waals surface area contributed by atoms with Crippen LogP contribution >= 0.6 is 0 Å². The number of carbonyl (C=O) groups is 3. The van der Waals surface area contributed by atoms with Gasteiger partial charge >= 0.3 is 18.0 Å². The van der Waals surface area contributed by atoms with Crippen LogP contribution < -0.4 is 16.0 Å². The first-order valence-electron chi connectivity index (χ1n) is 14.3. The molecule has 3 aliphatic rings. The number of allylic oxidation sites excluding steroid dienone is 2. The fourth-order valence-corrected chi connectivity index (χ4v) is 6.62. The Labute approximate surface area is 230 Å². The molecule has 0 spiro atoms. The van der Waals surface area contributed by atoms with E-state index in [1.54, 1.807) is 38.1 Å². The van der Waals surface area contributed by atoms with Gasteiger partial charge in [-0.25, -0.2) is 14.4 Å². The smallest absolute Gasteiger partial charge is 0.334 e. The molecule has 5 N–H and O–H groups in total. The van der Waals surface area contributed by atoms with Crippen molar-refractivity contribution in [2.24, 2.45) is 11.8 Å². The molecule has 2 heterocycles. The lowest BCUT2D eigenvalue weighted by molar-refractivity contribution is -0.133. The number of urea groups is 1. The zero-order valence-corrected chi connectivity index (χ0v) is 23.1. The Bertz CT molecular complexity index is 1090. The molecule has 1 saturated heterocycles. The third-order valence-corrected chi connectivity index (χ3v) is 8.58. The predicted molar refractivity (Wildman–Crippen MR) is 150 cm³/mol. The molecule has 212 valence electrons. The van der Waals surface area contributed by atoms with Crippen molar-refractivity contribution in [1.29, 1.82) is 0 Å². The van der Waals surface area contributed by atoms with Gasteiger partial charge in [0.2, 0.25) is 0 Å². The number of hydrogen-bond donors (Lipinski definition) is 5. The summed E-state index contributed by atoms with van der Waals surface area (Å²) in [6, 6.07) is 6.37. The van der Waals surface area contributed by atoms with E-state index in [1.165, 1.54) is 44.9 Å². The average molecular weight is 539 g/mol. The molecule has 1 saturated carbocycles. The van der Waals surface area contributed by atoms with Crippen LogP contribution in [0.5, 0.6) is 0 Å². The highest BCUT2D eigenvalue weighted by molar-refractivity contribution is 5.98. The van der Waals surface area contributed by atoms with Crippen LogP contribution in [0.4, 0.5) is 10.5 Å². The van der Waals surface area contributed by atoms with Gasteiger partial charge in [0, 0.05) is 23.6 Å². The number of benzene rings is 1. The molecule has 2 amide bonds. The summed E-state index contributed by atoms with van der Waals surface area (Å²) < 4.78 is 0. The number of rotatable bonds is 9. The molecule has 2 fully saturated rings. The second-order valence-electron chi connectivity index (χ2n) is 11.2. The molecule has 39 heavy (non-hydrogen) atoms. The summed E-state index contributed by atoms with van der Waals surface area (Å²) in [5, 5.41) is 28.2. The Morgan fingerprint density at radius 3 is 2.15 bits per heavy atom. The number of amides is 2. The number of carboxylic acids is 2. The summed E-state index contributed by atoms with van der Waals surface area (Å²) in [4.78, 5) is 39.2. The van der Waals surface area contributed by atoms with E-state index < -0.39 is 17.9 Å². The first kappa shape index (κ1) is 28.7. The van der Waals surface area contributed by atoms with Gasteiger partial charge in [-0.05, 0) is 82.3 Å². The van der Waals surface area contributed by atoms with Gasteiger partial charge in [0.1, 0.15) is 0 Å². The molecule has 0 aromatic heterocycles. The molecule has 2 aliphatic heterocycles. The van der Waals surface area contributed by atoms with Crippen LogP contribution in [0.3, 0.4) is 0 Å². The molecular weight excluding hydrogens is 496 g/mol. The van der Waals surface area contributed by atoms with Gasteiger partial charge in [0.25, 0.3) is 0 Å². The highest BCUT2D eigenvalue weighted by atomic mass is 16.4. The largest absolute Gasteiger partial charge is 0.478 e. The van der Waals surface area contributed by atoms with Crippen molar-refractivity contribution in [3.63, 3.8) is 0 Å². The van der Waals surface area contributed by atoms with Crippen molar-refractivity contribution < 1.29 is 24.6 Å². The topological polar surface area (TPSA) is 131 Å². The molecule has 0 unspecified atom stereocenters. The number of anilines is 1. The minimum Gasteiger partial charge on any atom is -0.478 e. The standard InChI is InChI=1S/C30H42N4O5/c1-19-25(28(35)36)27(26(29(37)38)20(2)32-19)23-10-6-11-24(18-23)33-30(39)31-14-7-15-34-16-12-22(13-17-34)21-8-4-3-5-9-21/h6,10-11,18,21-22,27,32H,3-5,7-9,12-17H2,1-2H3,(H,35,36)(H,37,38)(H2,31,33,39). The van der Waals surface area contributed by atoms with Gasteiger partial charge in [-0.1, -0.05) is 44.2 Å².